The molecule has 4 rings (SSSR count). The highest BCUT2D eigenvalue weighted by Gasteiger charge is 2.31. The molecule has 158 valence electrons. The molecule has 1 aliphatic heterocycles. The van der Waals surface area contributed by atoms with Gasteiger partial charge in [0.25, 0.3) is 5.91 Å². The number of aliphatic carboxylic acids is 1. The van der Waals surface area contributed by atoms with Crippen LogP contribution < -0.4 is 11.1 Å². The van der Waals surface area contributed by atoms with Crippen LogP contribution in [0.25, 0.3) is 11.4 Å². The lowest BCUT2D eigenvalue weighted by Gasteiger charge is -2.20. The summed E-state index contributed by atoms with van der Waals surface area (Å²) in [6.45, 7) is 1.52. The third-order valence-electron chi connectivity index (χ3n) is 5.26. The van der Waals surface area contributed by atoms with E-state index in [9.17, 15) is 23.5 Å². The summed E-state index contributed by atoms with van der Waals surface area (Å²) in [5, 5.41) is 11.9. The minimum absolute atomic E-state index is 0.135. The first-order valence-corrected chi connectivity index (χ1v) is 9.42. The van der Waals surface area contributed by atoms with Gasteiger partial charge in [0, 0.05) is 6.42 Å². The Kier molecular flexibility index (Phi) is 4.98. The number of carboxylic acids is 1. The third kappa shape index (κ3) is 3.64. The molecule has 2 heterocycles. The molecule has 0 bridgehead atoms. The van der Waals surface area contributed by atoms with Crippen LogP contribution in [0.5, 0.6) is 0 Å². The minimum atomic E-state index is -1.55. The SMILES string of the molecule is CC(N)(C(=O)O)c1ccc(Cc2nc(-c3c(F)cccc3F)nc3c2C(=O)NC3)cc1. The number of aromatic nitrogens is 2. The Labute approximate surface area is 176 Å². The highest BCUT2D eigenvalue weighted by molar-refractivity contribution is 5.99. The molecule has 1 amide bonds. The molecule has 4 N–H and O–H groups in total. The van der Waals surface area contributed by atoms with Gasteiger partial charge >= 0.3 is 5.97 Å². The van der Waals surface area contributed by atoms with Crippen molar-refractivity contribution in [3.05, 3.63) is 82.2 Å². The van der Waals surface area contributed by atoms with Crippen LogP contribution in [0.15, 0.2) is 42.5 Å². The summed E-state index contributed by atoms with van der Waals surface area (Å²) in [5.41, 5.74) is 6.01. The van der Waals surface area contributed by atoms with Crippen molar-refractivity contribution in [3.8, 4) is 11.4 Å². The van der Waals surface area contributed by atoms with Gasteiger partial charge in [0.2, 0.25) is 0 Å². The van der Waals surface area contributed by atoms with E-state index < -0.39 is 23.1 Å². The van der Waals surface area contributed by atoms with Crippen molar-refractivity contribution < 1.29 is 23.5 Å². The Balaban J connectivity index is 1.76. The van der Waals surface area contributed by atoms with E-state index in [4.69, 9.17) is 5.73 Å². The fraction of sp³-hybridized carbons (Fsp3) is 0.182. The molecule has 0 radical (unpaired) electrons. The fourth-order valence-corrected chi connectivity index (χ4v) is 3.44. The number of fused-ring (bicyclic) bond motifs is 1. The van der Waals surface area contributed by atoms with Crippen LogP contribution in [0.3, 0.4) is 0 Å². The van der Waals surface area contributed by atoms with Crippen LogP contribution in [0, 0.1) is 11.6 Å². The maximum Gasteiger partial charge on any atom is 0.328 e. The second-order valence-electron chi connectivity index (χ2n) is 7.48. The molecular formula is C22H18F2N4O3. The Morgan fingerprint density at radius 1 is 1.13 bits per heavy atom. The van der Waals surface area contributed by atoms with E-state index in [1.807, 2.05) is 0 Å². The maximum absolute atomic E-state index is 14.3. The lowest BCUT2D eigenvalue weighted by molar-refractivity contribution is -0.143. The van der Waals surface area contributed by atoms with E-state index in [1.165, 1.54) is 13.0 Å². The summed E-state index contributed by atoms with van der Waals surface area (Å²) in [6, 6.07) is 10.00. The number of amides is 1. The zero-order valence-electron chi connectivity index (χ0n) is 16.4. The lowest BCUT2D eigenvalue weighted by atomic mass is 9.92. The minimum Gasteiger partial charge on any atom is -0.480 e. The van der Waals surface area contributed by atoms with Crippen molar-refractivity contribution in [1.29, 1.82) is 0 Å². The van der Waals surface area contributed by atoms with Gasteiger partial charge in [0.05, 0.1) is 29.1 Å². The quantitative estimate of drug-likeness (QED) is 0.579. The average Bonchev–Trinajstić information content (AvgIpc) is 3.09. The molecule has 0 fully saturated rings. The van der Waals surface area contributed by atoms with Crippen LogP contribution in [-0.2, 0) is 23.3 Å². The van der Waals surface area contributed by atoms with Crippen LogP contribution in [0.4, 0.5) is 8.78 Å². The molecule has 7 nitrogen and oxygen atoms in total. The molecule has 0 aliphatic carbocycles. The number of nitrogens with one attached hydrogen (secondary N) is 1. The lowest BCUT2D eigenvalue weighted by Crippen LogP contribution is -2.41. The van der Waals surface area contributed by atoms with Crippen LogP contribution in [0.1, 0.15) is 39.8 Å². The summed E-state index contributed by atoms with van der Waals surface area (Å²) in [4.78, 5) is 32.2. The number of carboxylic acid groups (broad SMARTS) is 1. The number of carbonyl (C=O) groups is 2. The Bertz CT molecular complexity index is 1190. The Hall–Kier alpha value is -3.72. The molecule has 9 heteroatoms. The second kappa shape index (κ2) is 7.51. The van der Waals surface area contributed by atoms with E-state index in [1.54, 1.807) is 24.3 Å². The number of nitrogens with zero attached hydrogens (tertiary/aromatic N) is 2. The molecule has 1 atom stereocenters. The molecular weight excluding hydrogens is 406 g/mol. The van der Waals surface area contributed by atoms with Gasteiger partial charge in [-0.3, -0.25) is 4.79 Å². The summed E-state index contributed by atoms with van der Waals surface area (Å²) >= 11 is 0. The fourth-order valence-electron chi connectivity index (χ4n) is 3.44. The van der Waals surface area contributed by atoms with Crippen LogP contribution in [0.2, 0.25) is 0 Å². The highest BCUT2D eigenvalue weighted by atomic mass is 19.1. The van der Waals surface area contributed by atoms with E-state index in [0.29, 0.717) is 22.5 Å². The van der Waals surface area contributed by atoms with Crippen LogP contribution >= 0.6 is 0 Å². The van der Waals surface area contributed by atoms with E-state index >= 15 is 0 Å². The molecule has 1 aromatic heterocycles. The first-order chi connectivity index (χ1) is 14.7. The number of hydrogen-bond acceptors (Lipinski definition) is 5. The molecule has 31 heavy (non-hydrogen) atoms. The highest BCUT2D eigenvalue weighted by Crippen LogP contribution is 2.28. The first-order valence-electron chi connectivity index (χ1n) is 9.42. The molecule has 1 unspecified atom stereocenters. The smallest absolute Gasteiger partial charge is 0.328 e. The van der Waals surface area contributed by atoms with Crippen molar-refractivity contribution in [1.82, 2.24) is 15.3 Å². The predicted octanol–water partition coefficient (Wildman–Crippen LogP) is 2.51. The van der Waals surface area contributed by atoms with Gasteiger partial charge in [0.15, 0.2) is 5.82 Å². The second-order valence-corrected chi connectivity index (χ2v) is 7.48. The van der Waals surface area contributed by atoms with E-state index in [-0.39, 0.29) is 35.8 Å². The zero-order valence-corrected chi connectivity index (χ0v) is 16.4. The number of nitrogens with two attached hydrogens (primary N) is 1. The van der Waals surface area contributed by atoms with Crippen molar-refractivity contribution in [2.75, 3.05) is 0 Å². The number of hydrogen-bond donors (Lipinski definition) is 3. The Morgan fingerprint density at radius 2 is 1.77 bits per heavy atom. The molecule has 0 saturated carbocycles. The van der Waals surface area contributed by atoms with Gasteiger partial charge in [-0.15, -0.1) is 0 Å². The third-order valence-corrected chi connectivity index (χ3v) is 5.26. The Morgan fingerprint density at radius 3 is 2.39 bits per heavy atom. The summed E-state index contributed by atoms with van der Waals surface area (Å²) in [5.74, 6) is -3.27. The van der Waals surface area contributed by atoms with Crippen molar-refractivity contribution >= 4 is 11.9 Å². The molecule has 3 aromatic rings. The van der Waals surface area contributed by atoms with Gasteiger partial charge < -0.3 is 16.2 Å². The largest absolute Gasteiger partial charge is 0.480 e. The standard InChI is InChI=1S/C22H18F2N4O3/c1-22(25,21(30)31)12-7-5-11(6-8-12)9-15-18-16(10-26-20(18)29)28-19(27-15)17-13(23)3-2-4-14(17)24/h2-8H,9-10,25H2,1H3,(H,26,29)(H,30,31). The summed E-state index contributed by atoms with van der Waals surface area (Å²) < 4.78 is 28.6. The number of benzene rings is 2. The first kappa shape index (κ1) is 20.5. The van der Waals surface area contributed by atoms with Gasteiger partial charge in [-0.05, 0) is 30.2 Å². The van der Waals surface area contributed by atoms with Gasteiger partial charge in [-0.25, -0.2) is 23.5 Å². The van der Waals surface area contributed by atoms with Gasteiger partial charge in [-0.1, -0.05) is 30.3 Å². The molecule has 0 spiro atoms. The average molecular weight is 424 g/mol. The number of rotatable bonds is 5. The normalized spacial score (nSPS) is 14.6. The monoisotopic (exact) mass is 424 g/mol. The van der Waals surface area contributed by atoms with E-state index in [2.05, 4.69) is 15.3 Å². The molecule has 2 aromatic carbocycles. The predicted molar refractivity (Wildman–Crippen MR) is 107 cm³/mol. The van der Waals surface area contributed by atoms with Gasteiger partial charge in [-0.2, -0.15) is 0 Å². The number of carbonyl (C=O) groups excluding carboxylic acids is 1. The van der Waals surface area contributed by atoms with Crippen molar-refractivity contribution in [2.45, 2.75) is 25.4 Å². The van der Waals surface area contributed by atoms with Crippen molar-refractivity contribution in [3.63, 3.8) is 0 Å². The molecule has 1 aliphatic rings. The molecule has 0 saturated heterocycles. The van der Waals surface area contributed by atoms with E-state index in [0.717, 1.165) is 12.1 Å². The number of halogens is 2. The van der Waals surface area contributed by atoms with Crippen LogP contribution in [-0.4, -0.2) is 27.0 Å². The zero-order chi connectivity index (χ0) is 22.3. The summed E-state index contributed by atoms with van der Waals surface area (Å²) in [6.07, 6.45) is 0.177. The summed E-state index contributed by atoms with van der Waals surface area (Å²) in [7, 11) is 0. The maximum atomic E-state index is 14.3. The van der Waals surface area contributed by atoms with Gasteiger partial charge in [0.1, 0.15) is 17.2 Å². The topological polar surface area (TPSA) is 118 Å². The van der Waals surface area contributed by atoms with Crippen molar-refractivity contribution in [2.24, 2.45) is 5.73 Å².